The first kappa shape index (κ1) is 16.5. The van der Waals surface area contributed by atoms with Crippen molar-refractivity contribution in [3.05, 3.63) is 22.7 Å². The molecule has 0 aliphatic rings. The molecule has 0 aliphatic heterocycles. The molecule has 0 saturated carbocycles. The number of nitrogens with two attached hydrogens (primary N) is 1. The number of benzene rings is 1. The lowest BCUT2D eigenvalue weighted by atomic mass is 10.3. The Morgan fingerprint density at radius 3 is 2.26 bits per heavy atom. The van der Waals surface area contributed by atoms with Gasteiger partial charge < -0.3 is 5.73 Å². The first-order chi connectivity index (χ1) is 8.68. The molecule has 1 aromatic carbocycles. The van der Waals surface area contributed by atoms with Crippen LogP contribution in [0.4, 0.5) is 5.69 Å². The monoisotopic (exact) mass is 369 g/mol. The number of rotatable bonds is 6. The molecule has 5 nitrogen and oxygen atoms in total. The summed E-state index contributed by atoms with van der Waals surface area (Å²) in [5.74, 6) is -0.775. The van der Waals surface area contributed by atoms with Crippen molar-refractivity contribution in [2.75, 3.05) is 23.0 Å². The van der Waals surface area contributed by atoms with Gasteiger partial charge in [-0.2, -0.15) is 0 Å². The van der Waals surface area contributed by atoms with E-state index in [1.54, 1.807) is 6.92 Å². The quantitative estimate of drug-likeness (QED) is 0.768. The normalized spacial score (nSPS) is 12.5. The maximum absolute atomic E-state index is 12.1. The van der Waals surface area contributed by atoms with E-state index in [2.05, 4.69) is 15.9 Å². The summed E-state index contributed by atoms with van der Waals surface area (Å²) in [7, 11) is -6.95. The van der Waals surface area contributed by atoms with E-state index in [1.165, 1.54) is 18.2 Å². The van der Waals surface area contributed by atoms with E-state index in [4.69, 9.17) is 5.73 Å². The Labute approximate surface area is 122 Å². The van der Waals surface area contributed by atoms with E-state index in [1.807, 2.05) is 0 Å². The summed E-state index contributed by atoms with van der Waals surface area (Å²) in [5.41, 5.74) is 5.97. The fourth-order valence-corrected chi connectivity index (χ4v) is 6.24. The number of hydrogen-bond donors (Lipinski definition) is 1. The van der Waals surface area contributed by atoms with Gasteiger partial charge in [0.2, 0.25) is 0 Å². The van der Waals surface area contributed by atoms with E-state index >= 15 is 0 Å². The maximum atomic E-state index is 12.1. The molecule has 8 heteroatoms. The van der Waals surface area contributed by atoms with E-state index in [-0.39, 0.29) is 16.4 Å². The Morgan fingerprint density at radius 1 is 1.11 bits per heavy atom. The molecule has 0 radical (unpaired) electrons. The highest BCUT2D eigenvalue weighted by Gasteiger charge is 2.21. The third kappa shape index (κ3) is 4.77. The summed E-state index contributed by atoms with van der Waals surface area (Å²) in [4.78, 5) is 0.0633. The summed E-state index contributed by atoms with van der Waals surface area (Å²) in [6.07, 6.45) is 0.480. The largest absolute Gasteiger partial charge is 0.399 e. The van der Waals surface area contributed by atoms with Crippen LogP contribution in [0.2, 0.25) is 0 Å². The van der Waals surface area contributed by atoms with E-state index < -0.39 is 25.4 Å². The summed E-state index contributed by atoms with van der Waals surface area (Å²) >= 11 is 3.13. The predicted molar refractivity (Wildman–Crippen MR) is 79.6 cm³/mol. The van der Waals surface area contributed by atoms with Gasteiger partial charge in [0, 0.05) is 15.9 Å². The standard InChI is InChI=1S/C11H16BrNO4S2/c1-2-5-18(14,15)6-7-19(16,17)11-4-3-9(13)8-10(11)12/h3-4,8H,2,5-7,13H2,1H3. The number of hydrogen-bond acceptors (Lipinski definition) is 5. The van der Waals surface area contributed by atoms with Gasteiger partial charge in [-0.25, -0.2) is 16.8 Å². The molecule has 1 aromatic rings. The molecule has 0 unspecified atom stereocenters. The molecule has 0 aliphatic carbocycles. The summed E-state index contributed by atoms with van der Waals surface area (Å²) in [6, 6.07) is 4.33. The molecule has 108 valence electrons. The first-order valence-electron chi connectivity index (χ1n) is 5.66. The zero-order chi connectivity index (χ0) is 14.7. The summed E-state index contributed by atoms with van der Waals surface area (Å²) in [6.45, 7) is 1.74. The third-order valence-corrected chi connectivity index (χ3v) is 7.27. The average Bonchev–Trinajstić information content (AvgIpc) is 2.26. The lowest BCUT2D eigenvalue weighted by Crippen LogP contribution is -2.19. The van der Waals surface area contributed by atoms with Crippen molar-refractivity contribution in [3.8, 4) is 0 Å². The van der Waals surface area contributed by atoms with E-state index in [0.29, 0.717) is 16.6 Å². The minimum Gasteiger partial charge on any atom is -0.399 e. The number of anilines is 1. The van der Waals surface area contributed by atoms with Crippen LogP contribution >= 0.6 is 15.9 Å². The topological polar surface area (TPSA) is 94.3 Å². The summed E-state index contributed by atoms with van der Waals surface area (Å²) in [5, 5.41) is 0. The van der Waals surface area contributed by atoms with Crippen LogP contribution in [0, 0.1) is 0 Å². The lowest BCUT2D eigenvalue weighted by molar-refractivity contribution is 0.586. The van der Waals surface area contributed by atoms with Gasteiger partial charge in [0.05, 0.1) is 16.4 Å². The fourth-order valence-electron chi connectivity index (χ4n) is 1.53. The molecule has 19 heavy (non-hydrogen) atoms. The zero-order valence-corrected chi connectivity index (χ0v) is 13.7. The van der Waals surface area contributed by atoms with Crippen molar-refractivity contribution >= 4 is 41.3 Å². The molecule has 0 saturated heterocycles. The highest BCUT2D eigenvalue weighted by atomic mass is 79.9. The molecule has 0 heterocycles. The van der Waals surface area contributed by atoms with Crippen LogP contribution in [-0.2, 0) is 19.7 Å². The van der Waals surface area contributed by atoms with Crippen molar-refractivity contribution in [2.45, 2.75) is 18.2 Å². The molecule has 0 fully saturated rings. The molecule has 0 bridgehead atoms. The Morgan fingerprint density at radius 2 is 1.74 bits per heavy atom. The van der Waals surface area contributed by atoms with Crippen LogP contribution in [0.15, 0.2) is 27.6 Å². The number of halogens is 1. The van der Waals surface area contributed by atoms with E-state index in [9.17, 15) is 16.8 Å². The second kappa shape index (κ2) is 6.23. The van der Waals surface area contributed by atoms with Crippen LogP contribution in [0.1, 0.15) is 13.3 Å². The van der Waals surface area contributed by atoms with E-state index in [0.717, 1.165) is 0 Å². The van der Waals surface area contributed by atoms with Gasteiger partial charge in [0.25, 0.3) is 0 Å². The van der Waals surface area contributed by atoms with Gasteiger partial charge in [0.15, 0.2) is 19.7 Å². The molecule has 1 rings (SSSR count). The van der Waals surface area contributed by atoms with Crippen LogP contribution < -0.4 is 5.73 Å². The SMILES string of the molecule is CCCS(=O)(=O)CCS(=O)(=O)c1ccc(N)cc1Br. The number of sulfone groups is 2. The van der Waals surface area contributed by atoms with Gasteiger partial charge in [-0.05, 0) is 40.5 Å². The first-order valence-corrected chi connectivity index (χ1v) is 9.93. The fraction of sp³-hybridized carbons (Fsp3) is 0.455. The van der Waals surface area contributed by atoms with Crippen LogP contribution in [-0.4, -0.2) is 34.1 Å². The van der Waals surface area contributed by atoms with Gasteiger partial charge in [0.1, 0.15) is 0 Å². The second-order valence-corrected chi connectivity index (χ2v) is 9.40. The molecular formula is C11H16BrNO4S2. The average molecular weight is 370 g/mol. The predicted octanol–water partition coefficient (Wildman–Crippen LogP) is 1.63. The highest BCUT2D eigenvalue weighted by molar-refractivity contribution is 9.10. The molecule has 0 amide bonds. The molecule has 0 spiro atoms. The van der Waals surface area contributed by atoms with Crippen LogP contribution in [0.5, 0.6) is 0 Å². The minimum absolute atomic E-state index is 0.00538. The van der Waals surface area contributed by atoms with Gasteiger partial charge >= 0.3 is 0 Å². The van der Waals surface area contributed by atoms with Crippen molar-refractivity contribution < 1.29 is 16.8 Å². The van der Waals surface area contributed by atoms with Gasteiger partial charge in [-0.15, -0.1) is 0 Å². The lowest BCUT2D eigenvalue weighted by Gasteiger charge is -2.08. The van der Waals surface area contributed by atoms with Gasteiger partial charge in [-0.1, -0.05) is 6.92 Å². The minimum atomic E-state index is -3.64. The van der Waals surface area contributed by atoms with Crippen LogP contribution in [0.25, 0.3) is 0 Å². The Bertz CT molecular complexity index is 653. The van der Waals surface area contributed by atoms with Crippen molar-refractivity contribution in [3.63, 3.8) is 0 Å². The van der Waals surface area contributed by atoms with Crippen LogP contribution in [0.3, 0.4) is 0 Å². The van der Waals surface area contributed by atoms with Gasteiger partial charge in [-0.3, -0.25) is 0 Å². The Hall–Kier alpha value is -0.600. The zero-order valence-electron chi connectivity index (χ0n) is 10.5. The third-order valence-electron chi connectivity index (χ3n) is 2.47. The van der Waals surface area contributed by atoms with Crippen molar-refractivity contribution in [1.82, 2.24) is 0 Å². The number of nitrogen functional groups attached to an aromatic ring is 1. The molecule has 0 atom stereocenters. The maximum Gasteiger partial charge on any atom is 0.180 e. The molecule has 0 aromatic heterocycles. The smallest absolute Gasteiger partial charge is 0.180 e. The van der Waals surface area contributed by atoms with Crippen molar-refractivity contribution in [2.24, 2.45) is 0 Å². The summed E-state index contributed by atoms with van der Waals surface area (Å²) < 4.78 is 47.6. The van der Waals surface area contributed by atoms with Crippen molar-refractivity contribution in [1.29, 1.82) is 0 Å². The molecule has 2 N–H and O–H groups in total. The Balaban J connectivity index is 2.94. The second-order valence-electron chi connectivity index (χ2n) is 4.16. The highest BCUT2D eigenvalue weighted by Crippen LogP contribution is 2.25. The molecular weight excluding hydrogens is 354 g/mol. The Kier molecular flexibility index (Phi) is 5.40.